The van der Waals surface area contributed by atoms with Crippen LogP contribution in [-0.2, 0) is 7.05 Å². The molecule has 1 unspecified atom stereocenters. The van der Waals surface area contributed by atoms with Gasteiger partial charge in [0.15, 0.2) is 0 Å². The zero-order valence-electron chi connectivity index (χ0n) is 14.9. The van der Waals surface area contributed by atoms with Crippen LogP contribution in [0.25, 0.3) is 11.1 Å². The van der Waals surface area contributed by atoms with Gasteiger partial charge in [-0.2, -0.15) is 5.10 Å². The lowest BCUT2D eigenvalue weighted by molar-refractivity contribution is 0.0750. The van der Waals surface area contributed by atoms with Crippen molar-refractivity contribution in [2.24, 2.45) is 7.05 Å². The number of aliphatic hydroxyl groups is 2. The molecular formula is C17H24N4O4. The second kappa shape index (κ2) is 8.00. The Labute approximate surface area is 146 Å². The minimum atomic E-state index is -0.981. The van der Waals surface area contributed by atoms with Gasteiger partial charge in [-0.1, -0.05) is 12.1 Å². The van der Waals surface area contributed by atoms with Crippen molar-refractivity contribution in [1.82, 2.24) is 14.7 Å². The fourth-order valence-electron chi connectivity index (χ4n) is 2.56. The van der Waals surface area contributed by atoms with Gasteiger partial charge in [-0.15, -0.1) is 0 Å². The van der Waals surface area contributed by atoms with Crippen molar-refractivity contribution >= 4 is 11.8 Å². The van der Waals surface area contributed by atoms with Crippen molar-refractivity contribution < 1.29 is 19.7 Å². The summed E-state index contributed by atoms with van der Waals surface area (Å²) < 4.78 is 6.77. The minimum absolute atomic E-state index is 0.0248. The van der Waals surface area contributed by atoms with Crippen molar-refractivity contribution in [1.29, 1.82) is 0 Å². The number of methoxy groups -OCH3 is 1. The number of aliphatic hydroxyl groups excluding tert-OH is 2. The maximum atomic E-state index is 12.4. The summed E-state index contributed by atoms with van der Waals surface area (Å²) in [6.07, 6.45) is -0.981. The van der Waals surface area contributed by atoms with Gasteiger partial charge < -0.3 is 19.8 Å². The molecule has 0 aliphatic rings. The summed E-state index contributed by atoms with van der Waals surface area (Å²) >= 11 is 0. The zero-order chi connectivity index (χ0) is 18.6. The Hall–Kier alpha value is -2.58. The monoisotopic (exact) mass is 348 g/mol. The third-order valence-electron chi connectivity index (χ3n) is 3.87. The molecule has 1 atom stereocenters. The second-order valence-electron chi connectivity index (χ2n) is 5.81. The summed E-state index contributed by atoms with van der Waals surface area (Å²) in [5, 5.41) is 25.6. The van der Waals surface area contributed by atoms with E-state index in [0.717, 1.165) is 22.6 Å². The fourth-order valence-corrected chi connectivity index (χ4v) is 2.56. The first-order valence-electron chi connectivity index (χ1n) is 7.86. The number of amides is 2. The molecule has 25 heavy (non-hydrogen) atoms. The topological polar surface area (TPSA) is 99.9 Å². The van der Waals surface area contributed by atoms with Crippen LogP contribution in [0.2, 0.25) is 0 Å². The quantitative estimate of drug-likeness (QED) is 0.729. The van der Waals surface area contributed by atoms with E-state index in [2.05, 4.69) is 10.4 Å². The molecule has 8 nitrogen and oxygen atoms in total. The second-order valence-corrected chi connectivity index (χ2v) is 5.81. The third-order valence-corrected chi connectivity index (χ3v) is 3.87. The van der Waals surface area contributed by atoms with E-state index in [1.807, 2.05) is 31.2 Å². The first-order valence-corrected chi connectivity index (χ1v) is 7.86. The number of anilines is 1. The van der Waals surface area contributed by atoms with Gasteiger partial charge >= 0.3 is 6.03 Å². The van der Waals surface area contributed by atoms with Crippen molar-refractivity contribution in [3.8, 4) is 16.9 Å². The minimum Gasteiger partial charge on any atom is -0.497 e. The molecule has 8 heteroatoms. The number of rotatable bonds is 6. The average molecular weight is 348 g/mol. The van der Waals surface area contributed by atoms with Crippen LogP contribution in [0.4, 0.5) is 10.6 Å². The molecule has 0 fully saturated rings. The number of nitrogens with zero attached hydrogens (tertiary/aromatic N) is 3. The normalized spacial score (nSPS) is 11.9. The van der Waals surface area contributed by atoms with Gasteiger partial charge in [0.05, 0.1) is 32.1 Å². The number of aryl methyl sites for hydroxylation is 2. The van der Waals surface area contributed by atoms with Gasteiger partial charge in [-0.05, 0) is 24.6 Å². The Morgan fingerprint density at radius 1 is 1.40 bits per heavy atom. The standard InChI is InChI=1S/C17H24N4O4/c1-11-15(12-5-7-14(25-4)8-6-12)16(21(3)19-11)18-17(24)20(2)9-13(23)10-22/h5-8,13,22-23H,9-10H2,1-4H3,(H,18,24). The van der Waals surface area contributed by atoms with Crippen LogP contribution in [-0.4, -0.2) is 64.3 Å². The van der Waals surface area contributed by atoms with Crippen LogP contribution in [0, 0.1) is 6.92 Å². The Morgan fingerprint density at radius 2 is 2.04 bits per heavy atom. The van der Waals surface area contributed by atoms with E-state index in [4.69, 9.17) is 9.84 Å². The molecule has 1 aromatic heterocycles. The Balaban J connectivity index is 2.27. The lowest BCUT2D eigenvalue weighted by Crippen LogP contribution is -2.38. The van der Waals surface area contributed by atoms with Crippen molar-refractivity contribution in [3.05, 3.63) is 30.0 Å². The number of hydrogen-bond acceptors (Lipinski definition) is 5. The van der Waals surface area contributed by atoms with E-state index in [9.17, 15) is 9.90 Å². The molecular weight excluding hydrogens is 324 g/mol. The highest BCUT2D eigenvalue weighted by Gasteiger charge is 2.20. The molecule has 1 heterocycles. The third kappa shape index (κ3) is 4.28. The van der Waals surface area contributed by atoms with Gasteiger partial charge in [0, 0.05) is 19.7 Å². The van der Waals surface area contributed by atoms with E-state index < -0.39 is 18.7 Å². The smallest absolute Gasteiger partial charge is 0.322 e. The lowest BCUT2D eigenvalue weighted by atomic mass is 10.1. The van der Waals surface area contributed by atoms with Crippen molar-refractivity contribution in [2.75, 3.05) is 32.6 Å². The molecule has 0 saturated heterocycles. The maximum absolute atomic E-state index is 12.4. The van der Waals surface area contributed by atoms with Gasteiger partial charge in [-0.3, -0.25) is 10.00 Å². The van der Waals surface area contributed by atoms with Gasteiger partial charge in [-0.25, -0.2) is 4.79 Å². The highest BCUT2D eigenvalue weighted by atomic mass is 16.5. The SMILES string of the molecule is COc1ccc(-c2c(C)nn(C)c2NC(=O)N(C)CC(O)CO)cc1. The summed E-state index contributed by atoms with van der Waals surface area (Å²) in [5.41, 5.74) is 2.50. The molecule has 0 aliphatic heterocycles. The Kier molecular flexibility index (Phi) is 6.00. The number of urea groups is 1. The molecule has 0 bridgehead atoms. The first kappa shape index (κ1) is 18.8. The summed E-state index contributed by atoms with van der Waals surface area (Å²) in [7, 11) is 4.90. The number of likely N-dealkylation sites (N-methyl/N-ethyl adjacent to an activating group) is 1. The largest absolute Gasteiger partial charge is 0.497 e. The molecule has 3 N–H and O–H groups in total. The number of benzene rings is 1. The van der Waals surface area contributed by atoms with Crippen LogP contribution in [0.1, 0.15) is 5.69 Å². The predicted molar refractivity (Wildman–Crippen MR) is 94.7 cm³/mol. The van der Waals surface area contributed by atoms with E-state index >= 15 is 0 Å². The molecule has 0 aliphatic carbocycles. The summed E-state index contributed by atoms with van der Waals surface area (Å²) in [6, 6.07) is 7.09. The molecule has 1 aromatic carbocycles. The molecule has 2 aromatic rings. The first-order chi connectivity index (χ1) is 11.9. The van der Waals surface area contributed by atoms with E-state index in [1.165, 1.54) is 4.90 Å². The average Bonchev–Trinajstić information content (AvgIpc) is 2.88. The number of nitrogens with one attached hydrogen (secondary N) is 1. The molecule has 0 saturated carbocycles. The van der Waals surface area contributed by atoms with Crippen molar-refractivity contribution in [3.63, 3.8) is 0 Å². The molecule has 0 radical (unpaired) electrons. The van der Waals surface area contributed by atoms with E-state index in [-0.39, 0.29) is 6.54 Å². The number of ether oxygens (including phenoxy) is 1. The van der Waals surface area contributed by atoms with Gasteiger partial charge in [0.1, 0.15) is 11.6 Å². The highest BCUT2D eigenvalue weighted by Crippen LogP contribution is 2.32. The summed E-state index contributed by atoms with van der Waals surface area (Å²) in [4.78, 5) is 13.7. The number of aromatic nitrogens is 2. The number of hydrogen-bond donors (Lipinski definition) is 3. The van der Waals surface area contributed by atoms with Crippen molar-refractivity contribution in [2.45, 2.75) is 13.0 Å². The fraction of sp³-hybridized carbons (Fsp3) is 0.412. The molecule has 136 valence electrons. The van der Waals surface area contributed by atoms with Gasteiger partial charge in [0.25, 0.3) is 0 Å². The predicted octanol–water partition coefficient (Wildman–Crippen LogP) is 1.22. The lowest BCUT2D eigenvalue weighted by Gasteiger charge is -2.20. The van der Waals surface area contributed by atoms with Crippen LogP contribution in [0.3, 0.4) is 0 Å². The number of carbonyl (C=O) groups excluding carboxylic acids is 1. The van der Waals surface area contributed by atoms with E-state index in [0.29, 0.717) is 5.82 Å². The summed E-state index contributed by atoms with van der Waals surface area (Å²) in [6.45, 7) is 1.49. The van der Waals surface area contributed by atoms with Crippen LogP contribution < -0.4 is 10.1 Å². The molecule has 2 amide bonds. The molecule has 0 spiro atoms. The van der Waals surface area contributed by atoms with Crippen LogP contribution >= 0.6 is 0 Å². The Bertz CT molecular complexity index is 727. The Morgan fingerprint density at radius 3 is 2.60 bits per heavy atom. The number of carbonyl (C=O) groups is 1. The van der Waals surface area contributed by atoms with Crippen LogP contribution in [0.15, 0.2) is 24.3 Å². The highest BCUT2D eigenvalue weighted by molar-refractivity contribution is 5.93. The summed E-state index contributed by atoms with van der Waals surface area (Å²) in [5.74, 6) is 1.30. The molecule has 2 rings (SSSR count). The maximum Gasteiger partial charge on any atom is 0.322 e. The van der Waals surface area contributed by atoms with Crippen LogP contribution in [0.5, 0.6) is 5.75 Å². The zero-order valence-corrected chi connectivity index (χ0v) is 14.9. The van der Waals surface area contributed by atoms with Gasteiger partial charge in [0.2, 0.25) is 0 Å². The van der Waals surface area contributed by atoms with E-state index in [1.54, 1.807) is 25.9 Å².